The van der Waals surface area contributed by atoms with Gasteiger partial charge in [0, 0.05) is 19.2 Å². The van der Waals surface area contributed by atoms with Gasteiger partial charge in [-0.3, -0.25) is 10.1 Å². The van der Waals surface area contributed by atoms with E-state index in [4.69, 9.17) is 5.11 Å². The number of hydrogen-bond donors (Lipinski definition) is 2. The van der Waals surface area contributed by atoms with Crippen molar-refractivity contribution in [2.24, 2.45) is 0 Å². The first-order valence-electron chi connectivity index (χ1n) is 5.94. The largest absolute Gasteiger partial charge is 0.396 e. The van der Waals surface area contributed by atoms with Gasteiger partial charge in [-0.15, -0.1) is 0 Å². The highest BCUT2D eigenvalue weighted by atomic mass is 19.1. The summed E-state index contributed by atoms with van der Waals surface area (Å²) in [6.45, 7) is 0.810. The molecule has 0 heterocycles. The average molecular weight is 256 g/mol. The van der Waals surface area contributed by atoms with E-state index in [0.29, 0.717) is 6.54 Å². The second-order valence-electron chi connectivity index (χ2n) is 3.99. The molecule has 18 heavy (non-hydrogen) atoms. The molecule has 0 aliphatic carbocycles. The van der Waals surface area contributed by atoms with Crippen molar-refractivity contribution < 1.29 is 14.4 Å². The molecule has 0 aliphatic heterocycles. The lowest BCUT2D eigenvalue weighted by Gasteiger charge is -2.07. The molecule has 0 fully saturated rings. The molecule has 0 amide bonds. The van der Waals surface area contributed by atoms with Crippen LogP contribution in [-0.2, 0) is 0 Å². The number of nitrogens with zero attached hydrogens (tertiary/aromatic N) is 1. The minimum atomic E-state index is -0.623. The maximum atomic E-state index is 13.4. The second-order valence-corrected chi connectivity index (χ2v) is 3.99. The van der Waals surface area contributed by atoms with Crippen LogP contribution in [0.3, 0.4) is 0 Å². The Bertz CT molecular complexity index is 399. The molecule has 5 nitrogen and oxygen atoms in total. The molecule has 0 aromatic heterocycles. The Morgan fingerprint density at radius 1 is 1.28 bits per heavy atom. The van der Waals surface area contributed by atoms with Gasteiger partial charge in [0.2, 0.25) is 0 Å². The molecule has 0 unspecified atom stereocenters. The zero-order chi connectivity index (χ0) is 13.4. The summed E-state index contributed by atoms with van der Waals surface area (Å²) in [5, 5.41) is 21.9. The highest BCUT2D eigenvalue weighted by Crippen LogP contribution is 2.20. The number of hydrogen-bond acceptors (Lipinski definition) is 4. The number of anilines is 1. The third-order valence-corrected chi connectivity index (χ3v) is 2.56. The number of non-ortho nitro benzene ring substituents is 1. The Morgan fingerprint density at radius 3 is 2.61 bits per heavy atom. The highest BCUT2D eigenvalue weighted by Gasteiger charge is 2.09. The van der Waals surface area contributed by atoms with Crippen LogP contribution in [0.15, 0.2) is 18.2 Å². The second kappa shape index (κ2) is 7.60. The van der Waals surface area contributed by atoms with Crippen molar-refractivity contribution in [3.05, 3.63) is 34.1 Å². The molecule has 100 valence electrons. The molecule has 6 heteroatoms. The van der Waals surface area contributed by atoms with Crippen molar-refractivity contribution in [3.8, 4) is 0 Å². The number of nitro groups is 1. The summed E-state index contributed by atoms with van der Waals surface area (Å²) in [6.07, 6.45) is 3.56. The van der Waals surface area contributed by atoms with E-state index in [0.717, 1.165) is 31.7 Å². The van der Waals surface area contributed by atoms with Crippen molar-refractivity contribution in [2.75, 3.05) is 18.5 Å². The van der Waals surface area contributed by atoms with Gasteiger partial charge in [-0.05, 0) is 18.9 Å². The van der Waals surface area contributed by atoms with Gasteiger partial charge in [-0.25, -0.2) is 4.39 Å². The number of nitro benzene ring substituents is 1. The van der Waals surface area contributed by atoms with Gasteiger partial charge in [-0.1, -0.05) is 12.8 Å². The summed E-state index contributed by atoms with van der Waals surface area (Å²) >= 11 is 0. The van der Waals surface area contributed by atoms with Crippen LogP contribution in [0.1, 0.15) is 25.7 Å². The van der Waals surface area contributed by atoms with Crippen LogP contribution in [0.2, 0.25) is 0 Å². The Balaban J connectivity index is 2.36. The fourth-order valence-electron chi connectivity index (χ4n) is 1.57. The molecule has 2 N–H and O–H groups in total. The first-order valence-corrected chi connectivity index (χ1v) is 5.94. The van der Waals surface area contributed by atoms with E-state index in [-0.39, 0.29) is 18.0 Å². The van der Waals surface area contributed by atoms with Gasteiger partial charge in [0.05, 0.1) is 16.7 Å². The van der Waals surface area contributed by atoms with Crippen LogP contribution in [0.5, 0.6) is 0 Å². The molecule has 0 spiro atoms. The van der Waals surface area contributed by atoms with E-state index in [2.05, 4.69) is 5.32 Å². The molecule has 0 saturated heterocycles. The molecule has 0 atom stereocenters. The summed E-state index contributed by atoms with van der Waals surface area (Å²) in [6, 6.07) is 3.56. The number of nitrogens with one attached hydrogen (secondary N) is 1. The quantitative estimate of drug-likeness (QED) is 0.426. The van der Waals surface area contributed by atoms with Gasteiger partial charge in [0.1, 0.15) is 0 Å². The minimum absolute atomic E-state index is 0.199. The molecular weight excluding hydrogens is 239 g/mol. The number of rotatable bonds is 8. The van der Waals surface area contributed by atoms with Gasteiger partial charge < -0.3 is 10.4 Å². The Morgan fingerprint density at radius 2 is 2.00 bits per heavy atom. The molecule has 0 radical (unpaired) electrons. The number of halogens is 1. The van der Waals surface area contributed by atoms with Gasteiger partial charge in [0.25, 0.3) is 5.69 Å². The molecule has 0 aliphatic rings. The summed E-state index contributed by atoms with van der Waals surface area (Å²) in [7, 11) is 0. The molecule has 0 saturated carbocycles. The van der Waals surface area contributed by atoms with Crippen molar-refractivity contribution in [1.82, 2.24) is 0 Å². The predicted octanol–water partition coefficient (Wildman–Crippen LogP) is 2.70. The normalized spacial score (nSPS) is 10.3. The predicted molar refractivity (Wildman–Crippen MR) is 67.1 cm³/mol. The SMILES string of the molecule is O=[N+]([O-])c1ccc(NCCCCCCO)c(F)c1. The van der Waals surface area contributed by atoms with Gasteiger partial charge in [0.15, 0.2) is 5.82 Å². The van der Waals surface area contributed by atoms with E-state index in [1.165, 1.54) is 12.1 Å². The van der Waals surface area contributed by atoms with Crippen LogP contribution in [0.25, 0.3) is 0 Å². The summed E-state index contributed by atoms with van der Waals surface area (Å²) in [5.41, 5.74) is 0.0313. The zero-order valence-electron chi connectivity index (χ0n) is 10.1. The lowest BCUT2D eigenvalue weighted by molar-refractivity contribution is -0.385. The van der Waals surface area contributed by atoms with Crippen LogP contribution in [0.4, 0.5) is 15.8 Å². The lowest BCUT2D eigenvalue weighted by atomic mass is 10.2. The summed E-state index contributed by atoms with van der Waals surface area (Å²) in [4.78, 5) is 9.80. The Hall–Kier alpha value is -1.69. The van der Waals surface area contributed by atoms with Gasteiger partial charge >= 0.3 is 0 Å². The Kier molecular flexibility index (Phi) is 6.07. The number of benzene rings is 1. The third-order valence-electron chi connectivity index (χ3n) is 2.56. The zero-order valence-corrected chi connectivity index (χ0v) is 10.1. The molecular formula is C12H17FN2O3. The van der Waals surface area contributed by atoms with Crippen LogP contribution >= 0.6 is 0 Å². The van der Waals surface area contributed by atoms with Crippen molar-refractivity contribution in [1.29, 1.82) is 0 Å². The van der Waals surface area contributed by atoms with Crippen LogP contribution in [-0.4, -0.2) is 23.2 Å². The van der Waals surface area contributed by atoms with Crippen LogP contribution in [0, 0.1) is 15.9 Å². The molecule has 1 rings (SSSR count). The number of aliphatic hydroxyl groups excluding tert-OH is 1. The monoisotopic (exact) mass is 256 g/mol. The average Bonchev–Trinajstić information content (AvgIpc) is 2.35. The smallest absolute Gasteiger partial charge is 0.272 e. The highest BCUT2D eigenvalue weighted by molar-refractivity contribution is 5.49. The van der Waals surface area contributed by atoms with E-state index in [9.17, 15) is 14.5 Å². The molecule has 1 aromatic carbocycles. The third kappa shape index (κ3) is 4.67. The van der Waals surface area contributed by atoms with Gasteiger partial charge in [-0.2, -0.15) is 0 Å². The van der Waals surface area contributed by atoms with E-state index >= 15 is 0 Å². The molecule has 1 aromatic rings. The van der Waals surface area contributed by atoms with E-state index < -0.39 is 10.7 Å². The molecule has 0 bridgehead atoms. The number of unbranched alkanes of at least 4 members (excludes halogenated alkanes) is 3. The maximum absolute atomic E-state index is 13.4. The first-order chi connectivity index (χ1) is 8.65. The summed E-state index contributed by atoms with van der Waals surface area (Å²) in [5.74, 6) is -0.612. The first kappa shape index (κ1) is 14.4. The Labute approximate surface area is 105 Å². The van der Waals surface area contributed by atoms with Crippen molar-refractivity contribution >= 4 is 11.4 Å². The topological polar surface area (TPSA) is 75.4 Å². The van der Waals surface area contributed by atoms with Crippen molar-refractivity contribution in [2.45, 2.75) is 25.7 Å². The lowest BCUT2D eigenvalue weighted by Crippen LogP contribution is -2.04. The minimum Gasteiger partial charge on any atom is -0.396 e. The fourth-order valence-corrected chi connectivity index (χ4v) is 1.57. The summed E-state index contributed by atoms with van der Waals surface area (Å²) < 4.78 is 13.4. The standard InChI is InChI=1S/C12H17FN2O3/c13-11-9-10(15(17)18)5-6-12(11)14-7-3-1-2-4-8-16/h5-6,9,14,16H,1-4,7-8H2. The van der Waals surface area contributed by atoms with E-state index in [1.54, 1.807) is 0 Å². The van der Waals surface area contributed by atoms with Crippen LogP contribution < -0.4 is 5.32 Å². The maximum Gasteiger partial charge on any atom is 0.272 e. The fraction of sp³-hybridized carbons (Fsp3) is 0.500. The van der Waals surface area contributed by atoms with Crippen molar-refractivity contribution in [3.63, 3.8) is 0 Å². The van der Waals surface area contributed by atoms with E-state index in [1.807, 2.05) is 0 Å². The number of aliphatic hydroxyl groups is 1.